The highest BCUT2D eigenvalue weighted by molar-refractivity contribution is 5.99. The van der Waals surface area contributed by atoms with Crippen LogP contribution in [0.3, 0.4) is 0 Å². The van der Waals surface area contributed by atoms with E-state index in [1.807, 2.05) is 0 Å². The molecule has 5 aromatic heterocycles. The lowest BCUT2D eigenvalue weighted by molar-refractivity contribution is -0.212. The van der Waals surface area contributed by atoms with Crippen LogP contribution in [0.15, 0.2) is 48.3 Å². The molecule has 0 aromatic carbocycles. The Kier molecular flexibility index (Phi) is 5.64. The van der Waals surface area contributed by atoms with Crippen molar-refractivity contribution < 1.29 is 28.2 Å². The molecule has 12 nitrogen and oxygen atoms in total. The number of ether oxygens (including phenoxy) is 1. The van der Waals surface area contributed by atoms with Crippen LogP contribution < -0.4 is 16.3 Å². The summed E-state index contributed by atoms with van der Waals surface area (Å²) in [5.74, 6) is 0.419. The second kappa shape index (κ2) is 10.3. The summed E-state index contributed by atoms with van der Waals surface area (Å²) in [6.45, 7) is 2.92. The number of amides is 1. The Morgan fingerprint density at radius 3 is 2.77 bits per heavy atom. The third-order valence-corrected chi connectivity index (χ3v) is 7.36. The highest BCUT2D eigenvalue weighted by atomic mass is 19.4. The number of anilines is 2. The number of carbonyl (C=O) groups is 1. The van der Waals surface area contributed by atoms with Crippen LogP contribution in [0.25, 0.3) is 38.8 Å². The minimum absolute atomic E-state index is 0.00852. The van der Waals surface area contributed by atoms with Gasteiger partial charge in [0.1, 0.15) is 11.6 Å². The summed E-state index contributed by atoms with van der Waals surface area (Å²) in [7, 11) is 1.17. The summed E-state index contributed by atoms with van der Waals surface area (Å²) in [6, 6.07) is 1.07. The molecule has 0 radical (unpaired) electrons. The van der Waals surface area contributed by atoms with Gasteiger partial charge in [0.05, 0.1) is 42.9 Å². The van der Waals surface area contributed by atoms with Crippen molar-refractivity contribution in [1.82, 2.24) is 39.2 Å². The van der Waals surface area contributed by atoms with Crippen molar-refractivity contribution in [3.63, 3.8) is 0 Å². The molecule has 1 aliphatic carbocycles. The molecule has 15 heteroatoms. The van der Waals surface area contributed by atoms with Crippen molar-refractivity contribution in [1.29, 1.82) is 0 Å². The van der Waals surface area contributed by atoms with E-state index in [4.69, 9.17) is 5.48 Å². The number of pyridine rings is 2. The van der Waals surface area contributed by atoms with E-state index in [1.165, 1.54) is 30.1 Å². The van der Waals surface area contributed by atoms with E-state index in [0.29, 0.717) is 38.7 Å². The smallest absolute Gasteiger partial charge is 0.453 e. The monoisotopic (exact) mass is 599 g/mol. The summed E-state index contributed by atoms with van der Waals surface area (Å²) >= 11 is 0. The van der Waals surface area contributed by atoms with Gasteiger partial charge in [-0.3, -0.25) is 9.13 Å². The molecule has 5 aromatic rings. The Labute approximate surface area is 247 Å². The predicted molar refractivity (Wildman–Crippen MR) is 154 cm³/mol. The summed E-state index contributed by atoms with van der Waals surface area (Å²) in [4.78, 5) is 37.5. The molecular weight excluding hydrogens is 567 g/mol. The minimum Gasteiger partial charge on any atom is -0.453 e. The molecule has 2 atom stereocenters. The Morgan fingerprint density at radius 2 is 2.07 bits per heavy atom. The fourth-order valence-electron chi connectivity index (χ4n) is 5.35. The Bertz CT molecular complexity index is 2110. The summed E-state index contributed by atoms with van der Waals surface area (Å²) in [6.07, 6.45) is -0.318. The number of aromatic nitrogens is 7. The van der Waals surface area contributed by atoms with Gasteiger partial charge in [0.25, 0.3) is 0 Å². The van der Waals surface area contributed by atoms with E-state index in [2.05, 4.69) is 42.0 Å². The standard InChI is InChI=1S/C28H28F3N9O3/c1-14(2)18-8-23(37-25-19(11-33-24(18)25)15-10-34-39(13-15)28(29,30)31)36-22-9-20-21(12-32-22)38(3)27(42)40(20)17-6-5-16(7-17)35-26(41)43-4/h8-13,16-17,33H,1,5-7H2,2-4H3,(H,35,41)(H,32,36,37)/t16?,17-/m1/s1/i3D3,16D. The number of nitrogens with zero attached hydrogens (tertiary/aromatic N) is 6. The molecule has 0 saturated heterocycles. The number of rotatable bonds is 6. The largest absolute Gasteiger partial charge is 0.504 e. The van der Waals surface area contributed by atoms with Crippen LogP contribution in [0, 0.1) is 0 Å². The second-order valence-electron chi connectivity index (χ2n) is 10.2. The Morgan fingerprint density at radius 1 is 1.26 bits per heavy atom. The average Bonchev–Trinajstić information content (AvgIpc) is 3.75. The third kappa shape index (κ3) is 5.00. The van der Waals surface area contributed by atoms with E-state index in [-0.39, 0.29) is 45.8 Å². The number of carbonyl (C=O) groups excluding carboxylic acids is 1. The molecule has 6 rings (SSSR count). The average molecular weight is 600 g/mol. The predicted octanol–water partition coefficient (Wildman–Crippen LogP) is 5.18. The number of H-pyrrole nitrogens is 1. The van der Waals surface area contributed by atoms with Gasteiger partial charge in [0.15, 0.2) is 0 Å². The first-order chi connectivity index (χ1) is 22.0. The quantitative estimate of drug-likeness (QED) is 0.245. The zero-order valence-corrected chi connectivity index (χ0v) is 22.9. The molecule has 0 bridgehead atoms. The number of alkyl carbamates (subject to hydrolysis) is 1. The zero-order valence-electron chi connectivity index (χ0n) is 26.9. The maximum Gasteiger partial charge on any atom is 0.504 e. The van der Waals surface area contributed by atoms with Crippen molar-refractivity contribution in [3.8, 4) is 11.1 Å². The molecule has 1 unspecified atom stereocenters. The van der Waals surface area contributed by atoms with Gasteiger partial charge in [-0.05, 0) is 37.8 Å². The van der Waals surface area contributed by atoms with Gasteiger partial charge < -0.3 is 20.4 Å². The number of allylic oxidation sites excluding steroid dienone is 1. The number of alkyl halides is 3. The number of methoxy groups -OCH3 is 1. The lowest BCUT2D eigenvalue weighted by Crippen LogP contribution is -2.33. The van der Waals surface area contributed by atoms with Crippen molar-refractivity contribution in [2.24, 2.45) is 6.98 Å². The summed E-state index contributed by atoms with van der Waals surface area (Å²) in [5, 5.41) is 8.96. The van der Waals surface area contributed by atoms with E-state index in [9.17, 15) is 22.8 Å². The molecule has 1 aliphatic rings. The Balaban J connectivity index is 1.43. The zero-order chi connectivity index (χ0) is 34.1. The fourth-order valence-corrected chi connectivity index (χ4v) is 5.35. The van der Waals surface area contributed by atoms with Crippen LogP contribution in [0.2, 0.25) is 0 Å². The molecule has 0 aliphatic heterocycles. The molecule has 5 heterocycles. The topological polar surface area (TPSA) is 137 Å². The summed E-state index contributed by atoms with van der Waals surface area (Å²) in [5.41, 5.74) is 2.07. The van der Waals surface area contributed by atoms with E-state index < -0.39 is 37.1 Å². The normalized spacial score (nSPS) is 20.4. The number of fused-ring (bicyclic) bond motifs is 2. The molecular formula is C28H28F3N9O3. The molecule has 1 saturated carbocycles. The molecule has 0 spiro atoms. The van der Waals surface area contributed by atoms with Crippen LogP contribution >= 0.6 is 0 Å². The highest BCUT2D eigenvalue weighted by Gasteiger charge is 2.32. The molecule has 1 fully saturated rings. The van der Waals surface area contributed by atoms with Crippen molar-refractivity contribution in [3.05, 3.63) is 59.5 Å². The first kappa shape index (κ1) is 23.5. The highest BCUT2D eigenvalue weighted by Crippen LogP contribution is 2.35. The SMILES string of the molecule is [2H]C1(NC(=O)OC)CC[C@@H](n2c(=O)n(C([2H])([2H])[2H])c3cnc(Nc4cc(C(=C)C)c5[nH]cc(-c6cnn(C(F)(F)F)c6)c5n4)cc32)C1. The van der Waals surface area contributed by atoms with Crippen molar-refractivity contribution in [2.45, 2.75) is 44.5 Å². The lowest BCUT2D eigenvalue weighted by Gasteiger charge is -2.14. The number of hydrogen-bond donors (Lipinski definition) is 3. The molecule has 224 valence electrons. The number of aromatic amines is 1. The van der Waals surface area contributed by atoms with Gasteiger partial charge in [-0.25, -0.2) is 19.6 Å². The van der Waals surface area contributed by atoms with Crippen LogP contribution in [0.5, 0.6) is 0 Å². The van der Waals surface area contributed by atoms with Gasteiger partial charge in [0, 0.05) is 58.3 Å². The van der Waals surface area contributed by atoms with Crippen molar-refractivity contribution >= 4 is 45.4 Å². The first-order valence-corrected chi connectivity index (χ1v) is 13.1. The minimum atomic E-state index is -4.70. The van der Waals surface area contributed by atoms with Gasteiger partial charge in [-0.1, -0.05) is 6.58 Å². The Hall–Kier alpha value is -5.08. The maximum absolute atomic E-state index is 13.6. The van der Waals surface area contributed by atoms with Gasteiger partial charge in [-0.2, -0.15) is 9.78 Å². The van der Waals surface area contributed by atoms with E-state index in [1.54, 1.807) is 13.0 Å². The van der Waals surface area contributed by atoms with Crippen LogP contribution in [0.4, 0.5) is 29.6 Å². The molecule has 3 N–H and O–H groups in total. The number of halogens is 3. The van der Waals surface area contributed by atoms with Crippen LogP contribution in [-0.4, -0.2) is 53.1 Å². The van der Waals surface area contributed by atoms with Crippen LogP contribution in [-0.2, 0) is 18.0 Å². The van der Waals surface area contributed by atoms with Crippen molar-refractivity contribution in [2.75, 3.05) is 12.4 Å². The lowest BCUT2D eigenvalue weighted by atomic mass is 10.1. The number of hydrogen-bond acceptors (Lipinski definition) is 7. The molecule has 1 amide bonds. The maximum atomic E-state index is 13.6. The van der Waals surface area contributed by atoms with E-state index in [0.717, 1.165) is 12.4 Å². The number of imidazole rings is 1. The molecule has 43 heavy (non-hydrogen) atoms. The third-order valence-electron chi connectivity index (χ3n) is 7.36. The van der Waals surface area contributed by atoms with Gasteiger partial charge in [-0.15, -0.1) is 13.2 Å². The fraction of sp³-hybridized carbons (Fsp3) is 0.321. The first-order valence-electron chi connectivity index (χ1n) is 15.1. The number of aryl methyl sites for hydroxylation is 1. The van der Waals surface area contributed by atoms with Crippen LogP contribution in [0.1, 0.15) is 43.3 Å². The second-order valence-corrected chi connectivity index (χ2v) is 10.2. The van der Waals surface area contributed by atoms with E-state index >= 15 is 0 Å². The summed E-state index contributed by atoms with van der Waals surface area (Å²) < 4.78 is 78.8. The number of nitrogens with one attached hydrogen (secondary N) is 3. The van der Waals surface area contributed by atoms with Gasteiger partial charge in [0.2, 0.25) is 0 Å². The van der Waals surface area contributed by atoms with Gasteiger partial charge >= 0.3 is 18.1 Å².